The molecule has 1 aliphatic heterocycles. The Morgan fingerprint density at radius 3 is 2.32 bits per heavy atom. The van der Waals surface area contributed by atoms with Gasteiger partial charge in [0.2, 0.25) is 0 Å². The van der Waals surface area contributed by atoms with Gasteiger partial charge in [0, 0.05) is 31.1 Å². The van der Waals surface area contributed by atoms with Crippen LogP contribution in [0.25, 0.3) is 5.57 Å². The fourth-order valence-corrected chi connectivity index (χ4v) is 3.87. The molecule has 0 unspecified atom stereocenters. The fourth-order valence-electron chi connectivity index (χ4n) is 3.01. The number of para-hydroxylation sites is 1. The molecule has 0 saturated heterocycles. The first-order chi connectivity index (χ1) is 13.5. The summed E-state index contributed by atoms with van der Waals surface area (Å²) in [5, 5.41) is 9.22. The number of rotatable bonds is 7. The molecule has 0 atom stereocenters. The number of carbonyl (C=O) groups excluding carboxylic acids is 2. The van der Waals surface area contributed by atoms with Crippen molar-refractivity contribution in [2.24, 2.45) is 0 Å². The van der Waals surface area contributed by atoms with Crippen molar-refractivity contribution in [1.29, 1.82) is 0 Å². The summed E-state index contributed by atoms with van der Waals surface area (Å²) in [4.78, 5) is 29.8. The number of anilines is 2. The van der Waals surface area contributed by atoms with Crippen LogP contribution >= 0.6 is 11.8 Å². The Balaban J connectivity index is 2.06. The monoisotopic (exact) mass is 398 g/mol. The van der Waals surface area contributed by atoms with Gasteiger partial charge in [-0.15, -0.1) is 11.8 Å². The predicted octanol–water partition coefficient (Wildman–Crippen LogP) is 2.77. The lowest BCUT2D eigenvalue weighted by Crippen LogP contribution is -2.31. The maximum Gasteiger partial charge on any atom is 0.272 e. The van der Waals surface area contributed by atoms with E-state index >= 15 is 0 Å². The van der Waals surface area contributed by atoms with E-state index in [0.29, 0.717) is 33.2 Å². The maximum atomic E-state index is 13.3. The summed E-state index contributed by atoms with van der Waals surface area (Å²) in [5.74, 6) is 0.0560. The summed E-state index contributed by atoms with van der Waals surface area (Å²) in [6, 6.07) is 14.3. The number of amides is 2. The van der Waals surface area contributed by atoms with E-state index in [0.717, 1.165) is 5.69 Å². The van der Waals surface area contributed by atoms with Crippen molar-refractivity contribution >= 4 is 40.5 Å². The molecular weight excluding hydrogens is 376 g/mol. The number of hydrogen-bond acceptors (Lipinski definition) is 6. The lowest BCUT2D eigenvalue weighted by molar-refractivity contribution is -0.119. The van der Waals surface area contributed by atoms with E-state index < -0.39 is 5.91 Å². The number of aliphatic hydroxyl groups is 1. The van der Waals surface area contributed by atoms with E-state index in [1.54, 1.807) is 30.3 Å². The van der Waals surface area contributed by atoms with E-state index in [1.165, 1.54) is 23.8 Å². The lowest BCUT2D eigenvalue weighted by Gasteiger charge is -2.18. The fraction of sp³-hybridized carbons (Fsp3) is 0.238. The van der Waals surface area contributed by atoms with Crippen LogP contribution in [0.15, 0.2) is 53.4 Å². The zero-order valence-corrected chi connectivity index (χ0v) is 16.8. The molecule has 0 aromatic heterocycles. The molecule has 146 valence electrons. The zero-order chi connectivity index (χ0) is 20.3. The first-order valence-electron chi connectivity index (χ1n) is 8.77. The largest absolute Gasteiger partial charge is 0.496 e. The van der Waals surface area contributed by atoms with Gasteiger partial charge in [-0.3, -0.25) is 9.59 Å². The third kappa shape index (κ3) is 3.63. The smallest absolute Gasteiger partial charge is 0.272 e. The summed E-state index contributed by atoms with van der Waals surface area (Å²) in [6.07, 6.45) is 0. The number of hydrogen-bond donors (Lipinski definition) is 1. The van der Waals surface area contributed by atoms with E-state index in [2.05, 4.69) is 0 Å². The number of nitrogens with zero attached hydrogens (tertiary/aromatic N) is 2. The number of carbonyl (C=O) groups is 2. The molecule has 1 heterocycles. The molecule has 0 radical (unpaired) electrons. The van der Waals surface area contributed by atoms with Crippen molar-refractivity contribution in [2.45, 2.75) is 0 Å². The van der Waals surface area contributed by atoms with E-state index in [9.17, 15) is 14.7 Å². The van der Waals surface area contributed by atoms with Gasteiger partial charge in [0.25, 0.3) is 11.8 Å². The second kappa shape index (κ2) is 8.50. The van der Waals surface area contributed by atoms with Crippen LogP contribution in [0.1, 0.15) is 5.56 Å². The van der Waals surface area contributed by atoms with Crippen molar-refractivity contribution in [3.63, 3.8) is 0 Å². The number of methoxy groups -OCH3 is 1. The summed E-state index contributed by atoms with van der Waals surface area (Å²) in [6.45, 7) is -0.0909. The molecule has 0 fully saturated rings. The Hall–Kier alpha value is -2.77. The Kier molecular flexibility index (Phi) is 6.06. The second-order valence-electron chi connectivity index (χ2n) is 6.33. The Morgan fingerprint density at radius 2 is 1.71 bits per heavy atom. The van der Waals surface area contributed by atoms with Gasteiger partial charge >= 0.3 is 0 Å². The molecule has 2 aromatic rings. The molecule has 1 aliphatic rings. The van der Waals surface area contributed by atoms with Crippen LogP contribution in [-0.2, 0) is 9.59 Å². The van der Waals surface area contributed by atoms with Crippen molar-refractivity contribution < 1.29 is 19.4 Å². The van der Waals surface area contributed by atoms with Crippen LogP contribution in [0.5, 0.6) is 5.75 Å². The van der Waals surface area contributed by atoms with Crippen LogP contribution in [-0.4, -0.2) is 50.5 Å². The highest BCUT2D eigenvalue weighted by Crippen LogP contribution is 2.41. The molecule has 0 spiro atoms. The van der Waals surface area contributed by atoms with E-state index in [1.807, 2.05) is 37.2 Å². The highest BCUT2D eigenvalue weighted by Gasteiger charge is 2.41. The molecular formula is C21H22N2O4S. The molecule has 3 rings (SSSR count). The molecule has 0 saturated carbocycles. The first kappa shape index (κ1) is 20.0. The molecule has 7 heteroatoms. The predicted molar refractivity (Wildman–Crippen MR) is 113 cm³/mol. The van der Waals surface area contributed by atoms with Crippen LogP contribution in [0.4, 0.5) is 11.4 Å². The highest BCUT2D eigenvalue weighted by molar-refractivity contribution is 8.04. The van der Waals surface area contributed by atoms with Gasteiger partial charge in [-0.25, -0.2) is 4.90 Å². The maximum absolute atomic E-state index is 13.3. The number of aliphatic hydroxyl groups excluding tert-OH is 1. The number of benzene rings is 2. The van der Waals surface area contributed by atoms with Gasteiger partial charge in [-0.2, -0.15) is 0 Å². The van der Waals surface area contributed by atoms with Gasteiger partial charge in [0.15, 0.2) is 0 Å². The number of ether oxygens (including phenoxy) is 1. The van der Waals surface area contributed by atoms with E-state index in [-0.39, 0.29) is 12.5 Å². The molecule has 2 aromatic carbocycles. The SMILES string of the molecule is COc1ccccc1C1=C(SCCO)C(=O)N(c2ccc(N(C)C)cc2)C1=O. The third-order valence-corrected chi connectivity index (χ3v) is 5.43. The topological polar surface area (TPSA) is 70.1 Å². The van der Waals surface area contributed by atoms with Gasteiger partial charge in [0.05, 0.1) is 29.9 Å². The summed E-state index contributed by atoms with van der Waals surface area (Å²) >= 11 is 1.18. The normalized spacial score (nSPS) is 14.1. The van der Waals surface area contributed by atoms with Crippen LogP contribution < -0.4 is 14.5 Å². The molecule has 6 nitrogen and oxygen atoms in total. The lowest BCUT2D eigenvalue weighted by atomic mass is 10.0. The van der Waals surface area contributed by atoms with Crippen LogP contribution in [0.3, 0.4) is 0 Å². The third-order valence-electron chi connectivity index (χ3n) is 4.38. The minimum Gasteiger partial charge on any atom is -0.496 e. The minimum atomic E-state index is -0.396. The minimum absolute atomic E-state index is 0.0909. The molecule has 28 heavy (non-hydrogen) atoms. The van der Waals surface area contributed by atoms with Gasteiger partial charge in [0.1, 0.15) is 5.75 Å². The molecule has 1 N–H and O–H groups in total. The highest BCUT2D eigenvalue weighted by atomic mass is 32.2. The summed E-state index contributed by atoms with van der Waals surface area (Å²) in [7, 11) is 5.37. The second-order valence-corrected chi connectivity index (χ2v) is 7.44. The van der Waals surface area contributed by atoms with Crippen molar-refractivity contribution in [3.8, 4) is 5.75 Å². The van der Waals surface area contributed by atoms with Crippen molar-refractivity contribution in [2.75, 3.05) is 43.4 Å². The van der Waals surface area contributed by atoms with Gasteiger partial charge < -0.3 is 14.7 Å². The number of thioether (sulfide) groups is 1. The molecule has 0 aliphatic carbocycles. The average Bonchev–Trinajstić information content (AvgIpc) is 2.95. The van der Waals surface area contributed by atoms with Crippen molar-refractivity contribution in [1.82, 2.24) is 0 Å². The van der Waals surface area contributed by atoms with E-state index in [4.69, 9.17) is 4.74 Å². The Labute approximate surface area is 168 Å². The van der Waals surface area contributed by atoms with Gasteiger partial charge in [-0.1, -0.05) is 18.2 Å². The summed E-state index contributed by atoms with van der Waals surface area (Å²) < 4.78 is 5.40. The standard InChI is InChI=1S/C21H22N2O4S/c1-22(2)14-8-10-15(11-9-14)23-20(25)18(19(21(23)26)28-13-12-24)16-6-4-5-7-17(16)27-3/h4-11,24H,12-13H2,1-3H3. The summed E-state index contributed by atoms with van der Waals surface area (Å²) in [5.41, 5.74) is 2.34. The average molecular weight is 398 g/mol. The molecule has 2 amide bonds. The first-order valence-corrected chi connectivity index (χ1v) is 9.75. The molecule has 0 bridgehead atoms. The Bertz CT molecular complexity index is 922. The van der Waals surface area contributed by atoms with Crippen LogP contribution in [0.2, 0.25) is 0 Å². The van der Waals surface area contributed by atoms with Crippen molar-refractivity contribution in [3.05, 3.63) is 59.0 Å². The number of imide groups is 1. The van der Waals surface area contributed by atoms with Crippen LogP contribution in [0, 0.1) is 0 Å². The zero-order valence-electron chi connectivity index (χ0n) is 16.0. The quantitative estimate of drug-likeness (QED) is 0.724. The van der Waals surface area contributed by atoms with Gasteiger partial charge in [-0.05, 0) is 30.3 Å². The Morgan fingerprint density at radius 1 is 1.04 bits per heavy atom.